The van der Waals surface area contributed by atoms with Gasteiger partial charge in [-0.2, -0.15) is 0 Å². The molecule has 1 rings (SSSR count). The third-order valence-electron chi connectivity index (χ3n) is 2.85. The van der Waals surface area contributed by atoms with E-state index in [2.05, 4.69) is 23.9 Å². The molecule has 1 saturated heterocycles. The number of rotatable bonds is 4. The van der Waals surface area contributed by atoms with Gasteiger partial charge >= 0.3 is 0 Å². The lowest BCUT2D eigenvalue weighted by Crippen LogP contribution is -2.41. The van der Waals surface area contributed by atoms with E-state index in [-0.39, 0.29) is 11.8 Å². The summed E-state index contributed by atoms with van der Waals surface area (Å²) in [6.45, 7) is 4.21. The average molecular weight is 199 g/mol. The molecule has 0 unspecified atom stereocenters. The first-order valence-electron chi connectivity index (χ1n) is 5.26. The minimum absolute atomic E-state index is 0.116. The van der Waals surface area contributed by atoms with E-state index < -0.39 is 0 Å². The second-order valence-corrected chi connectivity index (χ2v) is 4.32. The van der Waals surface area contributed by atoms with Crippen molar-refractivity contribution in [2.24, 2.45) is 11.7 Å². The second-order valence-electron chi connectivity index (χ2n) is 4.32. The maximum Gasteiger partial charge on any atom is 0.220 e. The third-order valence-corrected chi connectivity index (χ3v) is 2.85. The number of carbonyl (C=O) groups excluding carboxylic acids is 1. The van der Waals surface area contributed by atoms with Gasteiger partial charge in [0.2, 0.25) is 5.91 Å². The molecule has 0 aromatic heterocycles. The lowest BCUT2D eigenvalue weighted by molar-refractivity contribution is -0.123. The fourth-order valence-electron chi connectivity index (χ4n) is 1.78. The van der Waals surface area contributed by atoms with Crippen molar-refractivity contribution in [3.05, 3.63) is 0 Å². The Labute approximate surface area is 86.0 Å². The number of nitrogens with two attached hydrogens (primary N) is 1. The summed E-state index contributed by atoms with van der Waals surface area (Å²) in [5.41, 5.74) is 5.27. The molecule has 1 amide bonds. The molecule has 1 fully saturated rings. The zero-order valence-corrected chi connectivity index (χ0v) is 9.20. The van der Waals surface area contributed by atoms with E-state index in [0.717, 1.165) is 39.0 Å². The molecule has 0 aromatic carbocycles. The fraction of sp³-hybridized carbons (Fsp3) is 0.900. The normalized spacial score (nSPS) is 20.2. The molecule has 0 bridgehead atoms. The van der Waals surface area contributed by atoms with E-state index in [1.807, 2.05) is 0 Å². The van der Waals surface area contributed by atoms with E-state index in [0.29, 0.717) is 0 Å². The summed E-state index contributed by atoms with van der Waals surface area (Å²) in [7, 11) is 4.16. The van der Waals surface area contributed by atoms with Crippen molar-refractivity contribution >= 4 is 5.91 Å². The number of primary amides is 1. The van der Waals surface area contributed by atoms with Crippen LogP contribution >= 0.6 is 0 Å². The highest BCUT2D eigenvalue weighted by atomic mass is 16.1. The first-order chi connectivity index (χ1) is 6.59. The van der Waals surface area contributed by atoms with Crippen molar-refractivity contribution in [2.45, 2.75) is 12.8 Å². The first-order valence-corrected chi connectivity index (χ1v) is 5.26. The van der Waals surface area contributed by atoms with Crippen LogP contribution in [0.4, 0.5) is 0 Å². The van der Waals surface area contributed by atoms with E-state index in [9.17, 15) is 4.79 Å². The molecular weight excluding hydrogens is 178 g/mol. The number of hydrogen-bond acceptors (Lipinski definition) is 3. The van der Waals surface area contributed by atoms with Crippen LogP contribution in [0.15, 0.2) is 0 Å². The Bertz CT molecular complexity index is 186. The Morgan fingerprint density at radius 2 is 2.00 bits per heavy atom. The maximum atomic E-state index is 10.9. The molecule has 1 aliphatic rings. The molecule has 82 valence electrons. The monoisotopic (exact) mass is 199 g/mol. The van der Waals surface area contributed by atoms with Crippen LogP contribution in [0.5, 0.6) is 0 Å². The number of piperidine rings is 1. The lowest BCUT2D eigenvalue weighted by atomic mass is 9.96. The van der Waals surface area contributed by atoms with Crippen LogP contribution in [0.25, 0.3) is 0 Å². The van der Waals surface area contributed by atoms with Gasteiger partial charge in [-0.15, -0.1) is 0 Å². The van der Waals surface area contributed by atoms with Crippen molar-refractivity contribution in [2.75, 3.05) is 40.3 Å². The summed E-state index contributed by atoms with van der Waals surface area (Å²) in [6.07, 6.45) is 1.87. The number of likely N-dealkylation sites (tertiary alicyclic amines) is 1. The van der Waals surface area contributed by atoms with Crippen molar-refractivity contribution in [3.8, 4) is 0 Å². The molecule has 0 radical (unpaired) electrons. The van der Waals surface area contributed by atoms with Gasteiger partial charge in [0.05, 0.1) is 0 Å². The molecule has 4 nitrogen and oxygen atoms in total. The number of hydrogen-bond donors (Lipinski definition) is 1. The van der Waals surface area contributed by atoms with Crippen molar-refractivity contribution in [3.63, 3.8) is 0 Å². The largest absolute Gasteiger partial charge is 0.369 e. The Kier molecular flexibility index (Phi) is 4.35. The topological polar surface area (TPSA) is 49.6 Å². The Hall–Kier alpha value is -0.610. The molecule has 1 aliphatic heterocycles. The summed E-state index contributed by atoms with van der Waals surface area (Å²) in [6, 6.07) is 0. The standard InChI is InChI=1S/C10H21N3O/c1-12(2)7-8-13-5-3-9(4-6-13)10(11)14/h9H,3-8H2,1-2H3,(H2,11,14). The smallest absolute Gasteiger partial charge is 0.220 e. The Morgan fingerprint density at radius 3 is 2.43 bits per heavy atom. The number of nitrogens with zero attached hydrogens (tertiary/aromatic N) is 2. The van der Waals surface area contributed by atoms with Crippen LogP contribution in [0.1, 0.15) is 12.8 Å². The van der Waals surface area contributed by atoms with Gasteiger partial charge < -0.3 is 15.5 Å². The van der Waals surface area contributed by atoms with Gasteiger partial charge in [-0.1, -0.05) is 0 Å². The summed E-state index contributed by atoms with van der Waals surface area (Å²) in [4.78, 5) is 15.5. The Morgan fingerprint density at radius 1 is 1.43 bits per heavy atom. The van der Waals surface area contributed by atoms with Crippen LogP contribution in [0, 0.1) is 5.92 Å². The summed E-state index contributed by atoms with van der Waals surface area (Å²) in [5, 5.41) is 0. The molecule has 14 heavy (non-hydrogen) atoms. The molecular formula is C10H21N3O. The Balaban J connectivity index is 2.19. The summed E-state index contributed by atoms with van der Waals surface area (Å²) < 4.78 is 0. The minimum atomic E-state index is -0.128. The maximum absolute atomic E-state index is 10.9. The van der Waals surface area contributed by atoms with Gasteiger partial charge in [0.1, 0.15) is 0 Å². The molecule has 2 N–H and O–H groups in total. The van der Waals surface area contributed by atoms with Crippen molar-refractivity contribution in [1.29, 1.82) is 0 Å². The van der Waals surface area contributed by atoms with Crippen LogP contribution < -0.4 is 5.73 Å². The SMILES string of the molecule is CN(C)CCN1CCC(C(N)=O)CC1. The van der Waals surface area contributed by atoms with Crippen molar-refractivity contribution in [1.82, 2.24) is 9.80 Å². The molecule has 0 atom stereocenters. The first kappa shape index (κ1) is 11.5. The van der Waals surface area contributed by atoms with Gasteiger partial charge in [0.15, 0.2) is 0 Å². The highest BCUT2D eigenvalue weighted by molar-refractivity contribution is 5.76. The predicted molar refractivity (Wildman–Crippen MR) is 56.9 cm³/mol. The van der Waals surface area contributed by atoms with Gasteiger partial charge in [-0.05, 0) is 40.0 Å². The zero-order valence-electron chi connectivity index (χ0n) is 9.20. The molecule has 0 spiro atoms. The predicted octanol–water partition coefficient (Wildman–Crippen LogP) is -0.255. The molecule has 0 aliphatic carbocycles. The van der Waals surface area contributed by atoms with Crippen LogP contribution in [-0.2, 0) is 4.79 Å². The van der Waals surface area contributed by atoms with E-state index >= 15 is 0 Å². The van der Waals surface area contributed by atoms with Crippen LogP contribution in [0.2, 0.25) is 0 Å². The van der Waals surface area contributed by atoms with Gasteiger partial charge in [0, 0.05) is 19.0 Å². The van der Waals surface area contributed by atoms with Gasteiger partial charge in [-0.25, -0.2) is 0 Å². The van der Waals surface area contributed by atoms with Crippen molar-refractivity contribution < 1.29 is 4.79 Å². The van der Waals surface area contributed by atoms with Crippen LogP contribution in [-0.4, -0.2) is 56.0 Å². The highest BCUT2D eigenvalue weighted by Crippen LogP contribution is 2.15. The molecule has 0 saturated carbocycles. The molecule has 4 heteroatoms. The summed E-state index contributed by atoms with van der Waals surface area (Å²) in [5.74, 6) is -0.0112. The van der Waals surface area contributed by atoms with Gasteiger partial charge in [-0.3, -0.25) is 4.79 Å². The average Bonchev–Trinajstić information content (AvgIpc) is 2.15. The quantitative estimate of drug-likeness (QED) is 0.679. The molecule has 0 aromatic rings. The number of amides is 1. The second kappa shape index (κ2) is 5.32. The van der Waals surface area contributed by atoms with Gasteiger partial charge in [0.25, 0.3) is 0 Å². The highest BCUT2D eigenvalue weighted by Gasteiger charge is 2.22. The number of likely N-dealkylation sites (N-methyl/N-ethyl adjacent to an activating group) is 1. The van der Waals surface area contributed by atoms with E-state index in [1.165, 1.54) is 0 Å². The third kappa shape index (κ3) is 3.64. The van der Waals surface area contributed by atoms with E-state index in [4.69, 9.17) is 5.73 Å². The summed E-state index contributed by atoms with van der Waals surface area (Å²) >= 11 is 0. The van der Waals surface area contributed by atoms with Crippen LogP contribution in [0.3, 0.4) is 0 Å². The number of carbonyl (C=O) groups is 1. The van der Waals surface area contributed by atoms with E-state index in [1.54, 1.807) is 0 Å². The lowest BCUT2D eigenvalue weighted by Gasteiger charge is -2.31. The zero-order chi connectivity index (χ0) is 10.6. The minimum Gasteiger partial charge on any atom is -0.369 e. The molecule has 1 heterocycles. The fourth-order valence-corrected chi connectivity index (χ4v) is 1.78.